The highest BCUT2D eigenvalue weighted by atomic mass is 35.5. The Kier molecular flexibility index (Phi) is 7.66. The molecular weight excluding hydrogens is 514 g/mol. The van der Waals surface area contributed by atoms with Gasteiger partial charge in [0.25, 0.3) is 5.91 Å². The van der Waals surface area contributed by atoms with E-state index in [1.165, 1.54) is 6.07 Å². The minimum atomic E-state index is -4.64. The maximum absolute atomic E-state index is 13.5. The molecule has 1 aliphatic heterocycles. The fraction of sp³-hybridized carbons (Fsp3) is 0.308. The predicted octanol–water partition coefficient (Wildman–Crippen LogP) is 6.26. The van der Waals surface area contributed by atoms with E-state index in [0.29, 0.717) is 38.3 Å². The SMILES string of the molecule is CC1CC(Cl)=CC(Cl)=C1CC(=O)NC1CN(c2ccccc2)c2ccccc2N(CC(F)(F)F)C1=O. The Morgan fingerprint density at radius 3 is 2.33 bits per heavy atom. The number of amides is 2. The van der Waals surface area contributed by atoms with Crippen molar-refractivity contribution >= 4 is 52.1 Å². The van der Waals surface area contributed by atoms with Crippen molar-refractivity contribution in [1.82, 2.24) is 5.32 Å². The molecule has 1 N–H and O–H groups in total. The molecule has 1 aliphatic carbocycles. The zero-order chi connectivity index (χ0) is 26.0. The van der Waals surface area contributed by atoms with Crippen LogP contribution < -0.4 is 15.1 Å². The van der Waals surface area contributed by atoms with Crippen LogP contribution in [0.3, 0.4) is 0 Å². The Hall–Kier alpha value is -2.97. The summed E-state index contributed by atoms with van der Waals surface area (Å²) in [4.78, 5) is 29.0. The molecule has 5 nitrogen and oxygen atoms in total. The molecule has 4 rings (SSSR count). The van der Waals surface area contributed by atoms with Gasteiger partial charge < -0.3 is 10.2 Å². The average Bonchev–Trinajstić information content (AvgIpc) is 2.92. The highest BCUT2D eigenvalue weighted by Crippen LogP contribution is 2.39. The van der Waals surface area contributed by atoms with Crippen LogP contribution in [-0.2, 0) is 9.59 Å². The number of carbonyl (C=O) groups is 2. The lowest BCUT2D eigenvalue weighted by Crippen LogP contribution is -2.53. The third-order valence-electron chi connectivity index (χ3n) is 6.17. The summed E-state index contributed by atoms with van der Waals surface area (Å²) in [7, 11) is 0. The molecule has 2 unspecified atom stereocenters. The molecule has 190 valence electrons. The van der Waals surface area contributed by atoms with Crippen LogP contribution in [0, 0.1) is 5.92 Å². The van der Waals surface area contributed by atoms with Crippen LogP contribution in [0.15, 0.2) is 76.3 Å². The van der Waals surface area contributed by atoms with Gasteiger partial charge in [-0.3, -0.25) is 14.5 Å². The van der Waals surface area contributed by atoms with Gasteiger partial charge in [-0.2, -0.15) is 13.2 Å². The summed E-state index contributed by atoms with van der Waals surface area (Å²) in [6.07, 6.45) is -2.62. The van der Waals surface area contributed by atoms with Gasteiger partial charge in [-0.05, 0) is 48.3 Å². The lowest BCUT2D eigenvalue weighted by atomic mass is 9.90. The minimum Gasteiger partial charge on any atom is -0.342 e. The first-order chi connectivity index (χ1) is 17.0. The maximum atomic E-state index is 13.5. The van der Waals surface area contributed by atoms with Crippen LogP contribution in [0.2, 0.25) is 0 Å². The summed E-state index contributed by atoms with van der Waals surface area (Å²) < 4.78 is 40.6. The molecule has 2 aromatic carbocycles. The summed E-state index contributed by atoms with van der Waals surface area (Å²) in [5.41, 5.74) is 1.89. The minimum absolute atomic E-state index is 0.0476. The Balaban J connectivity index is 1.69. The molecule has 0 saturated carbocycles. The van der Waals surface area contributed by atoms with Crippen LogP contribution >= 0.6 is 23.2 Å². The fourth-order valence-electron chi connectivity index (χ4n) is 4.51. The van der Waals surface area contributed by atoms with Crippen LogP contribution in [0.1, 0.15) is 19.8 Å². The maximum Gasteiger partial charge on any atom is 0.406 e. The molecule has 36 heavy (non-hydrogen) atoms. The van der Waals surface area contributed by atoms with E-state index in [1.807, 2.05) is 13.0 Å². The Morgan fingerprint density at radius 2 is 1.69 bits per heavy atom. The fourth-order valence-corrected chi connectivity index (χ4v) is 5.29. The lowest BCUT2D eigenvalue weighted by molar-refractivity contribution is -0.134. The Labute approximate surface area is 217 Å². The molecule has 2 aliphatic rings. The van der Waals surface area contributed by atoms with Crippen molar-refractivity contribution in [2.45, 2.75) is 32.0 Å². The summed E-state index contributed by atoms with van der Waals surface area (Å²) >= 11 is 12.4. The van der Waals surface area contributed by atoms with Crippen LogP contribution in [0.5, 0.6) is 0 Å². The van der Waals surface area contributed by atoms with Crippen molar-refractivity contribution in [3.05, 3.63) is 76.3 Å². The lowest BCUT2D eigenvalue weighted by Gasteiger charge is -2.27. The first-order valence-electron chi connectivity index (χ1n) is 11.4. The van der Waals surface area contributed by atoms with Crippen LogP contribution in [-0.4, -0.2) is 37.1 Å². The predicted molar refractivity (Wildman–Crippen MR) is 135 cm³/mol. The number of alkyl halides is 3. The average molecular weight is 538 g/mol. The molecule has 0 bridgehead atoms. The quantitative estimate of drug-likeness (QED) is 0.489. The van der Waals surface area contributed by atoms with Gasteiger partial charge in [0, 0.05) is 22.2 Å². The van der Waals surface area contributed by atoms with Gasteiger partial charge in [-0.1, -0.05) is 60.5 Å². The van der Waals surface area contributed by atoms with E-state index in [9.17, 15) is 22.8 Å². The van der Waals surface area contributed by atoms with Gasteiger partial charge in [-0.25, -0.2) is 0 Å². The molecule has 0 aromatic heterocycles. The van der Waals surface area contributed by atoms with Gasteiger partial charge >= 0.3 is 6.18 Å². The van der Waals surface area contributed by atoms with Crippen LogP contribution in [0.25, 0.3) is 0 Å². The molecule has 0 fully saturated rings. The largest absolute Gasteiger partial charge is 0.406 e. The van der Waals surface area contributed by atoms with Crippen molar-refractivity contribution < 1.29 is 22.8 Å². The Bertz CT molecular complexity index is 1210. The van der Waals surface area contributed by atoms with E-state index < -0.39 is 30.6 Å². The molecule has 10 heteroatoms. The van der Waals surface area contributed by atoms with Crippen molar-refractivity contribution in [3.63, 3.8) is 0 Å². The normalized spacial score (nSPS) is 20.6. The number of nitrogens with zero attached hydrogens (tertiary/aromatic N) is 2. The van der Waals surface area contributed by atoms with Crippen molar-refractivity contribution in [2.75, 3.05) is 22.9 Å². The number of carbonyl (C=O) groups excluding carboxylic acids is 2. The topological polar surface area (TPSA) is 52.7 Å². The molecule has 0 radical (unpaired) electrons. The van der Waals surface area contributed by atoms with Gasteiger partial charge in [0.1, 0.15) is 12.6 Å². The Morgan fingerprint density at radius 1 is 1.06 bits per heavy atom. The number of halogens is 5. The molecule has 2 atom stereocenters. The number of para-hydroxylation sites is 3. The smallest absolute Gasteiger partial charge is 0.342 e. The second-order valence-corrected chi connectivity index (χ2v) is 9.73. The molecule has 2 amide bonds. The van der Waals surface area contributed by atoms with E-state index in [1.54, 1.807) is 53.4 Å². The van der Waals surface area contributed by atoms with Gasteiger partial charge in [0.05, 0.1) is 17.9 Å². The third kappa shape index (κ3) is 5.87. The van der Waals surface area contributed by atoms with Crippen molar-refractivity contribution in [3.8, 4) is 0 Å². The monoisotopic (exact) mass is 537 g/mol. The molecule has 0 spiro atoms. The number of rotatable bonds is 5. The van der Waals surface area contributed by atoms with Crippen molar-refractivity contribution in [1.29, 1.82) is 0 Å². The van der Waals surface area contributed by atoms with Gasteiger partial charge in [0.15, 0.2) is 0 Å². The number of nitrogens with one attached hydrogen (secondary N) is 1. The first-order valence-corrected chi connectivity index (χ1v) is 12.1. The molecule has 0 saturated heterocycles. The highest BCUT2D eigenvalue weighted by Gasteiger charge is 2.41. The molecule has 2 aromatic rings. The van der Waals surface area contributed by atoms with E-state index in [-0.39, 0.29) is 24.6 Å². The third-order valence-corrected chi connectivity index (χ3v) is 6.79. The zero-order valence-corrected chi connectivity index (χ0v) is 20.9. The second-order valence-electron chi connectivity index (χ2n) is 8.84. The number of fused-ring (bicyclic) bond motifs is 1. The van der Waals surface area contributed by atoms with Gasteiger partial charge in [-0.15, -0.1) is 0 Å². The van der Waals surface area contributed by atoms with E-state index >= 15 is 0 Å². The number of allylic oxidation sites excluding steroid dienone is 3. The first kappa shape index (κ1) is 26.1. The van der Waals surface area contributed by atoms with E-state index in [4.69, 9.17) is 23.2 Å². The van der Waals surface area contributed by atoms with E-state index in [0.717, 1.165) is 0 Å². The zero-order valence-electron chi connectivity index (χ0n) is 19.4. The van der Waals surface area contributed by atoms with Crippen molar-refractivity contribution in [2.24, 2.45) is 5.92 Å². The van der Waals surface area contributed by atoms with E-state index in [2.05, 4.69) is 5.32 Å². The number of anilines is 3. The number of benzene rings is 2. The summed E-state index contributed by atoms with van der Waals surface area (Å²) in [5, 5.41) is 3.61. The summed E-state index contributed by atoms with van der Waals surface area (Å²) in [6, 6.07) is 14.2. The molecular formula is C26H24Cl2F3N3O2. The number of hydrogen-bond acceptors (Lipinski definition) is 3. The second kappa shape index (κ2) is 10.6. The standard InChI is InChI=1S/C26H24Cl2F3N3O2/c1-16-11-17(27)12-20(28)19(16)13-24(35)32-21-14-33(18-7-3-2-4-8-18)22-9-5-6-10-23(22)34(25(21)36)15-26(29,30)31/h2-10,12,16,21H,11,13-15H2,1H3,(H,32,35). The molecule has 1 heterocycles. The van der Waals surface area contributed by atoms with Crippen LogP contribution in [0.4, 0.5) is 30.2 Å². The summed E-state index contributed by atoms with van der Waals surface area (Å²) in [5.74, 6) is -1.44. The number of hydrogen-bond donors (Lipinski definition) is 1. The summed E-state index contributed by atoms with van der Waals surface area (Å²) in [6.45, 7) is 0.360. The highest BCUT2D eigenvalue weighted by molar-refractivity contribution is 6.35. The van der Waals surface area contributed by atoms with Gasteiger partial charge in [0.2, 0.25) is 5.91 Å².